The van der Waals surface area contributed by atoms with Gasteiger partial charge >= 0.3 is 6.09 Å². The van der Waals surface area contributed by atoms with Crippen LogP contribution in [0.3, 0.4) is 0 Å². The van der Waals surface area contributed by atoms with Crippen molar-refractivity contribution in [1.82, 2.24) is 15.5 Å². The van der Waals surface area contributed by atoms with Crippen LogP contribution in [0, 0.1) is 25.3 Å². The molecule has 0 spiro atoms. The Hall–Kier alpha value is -3.01. The molecule has 0 aliphatic carbocycles. The van der Waals surface area contributed by atoms with Crippen molar-refractivity contribution in [3.05, 3.63) is 35.4 Å². The van der Waals surface area contributed by atoms with Gasteiger partial charge in [0.2, 0.25) is 5.91 Å². The molecule has 34 heavy (non-hydrogen) atoms. The van der Waals surface area contributed by atoms with Crippen molar-refractivity contribution in [2.75, 3.05) is 6.54 Å². The average Bonchev–Trinajstić information content (AvgIpc) is 2.73. The summed E-state index contributed by atoms with van der Waals surface area (Å²) in [6.07, 6.45) is 8.29. The molecule has 0 bridgehead atoms. The molecule has 0 heterocycles. The molecule has 7 heteroatoms. The molecule has 2 N–H and O–H groups in total. The molecule has 1 rings (SSSR count). The Morgan fingerprint density at radius 3 is 2.32 bits per heavy atom. The number of unbranched alkanes of at least 4 members (excludes halogenated alkanes) is 2. The molecular formula is C27H41N3O4. The number of amides is 3. The van der Waals surface area contributed by atoms with Crippen LogP contribution >= 0.6 is 0 Å². The molecule has 1 aromatic carbocycles. The number of aryl methyl sites for hydroxylation is 1. The number of carbonyl (C=O) groups excluding carboxylic acids is 3. The zero-order valence-corrected chi connectivity index (χ0v) is 21.7. The molecule has 188 valence electrons. The third kappa shape index (κ3) is 9.46. The number of nitrogens with zero attached hydrogens (tertiary/aromatic N) is 1. The van der Waals surface area contributed by atoms with Crippen LogP contribution in [0.5, 0.6) is 0 Å². The molecule has 3 amide bonds. The van der Waals surface area contributed by atoms with Gasteiger partial charge in [0.1, 0.15) is 17.7 Å². The van der Waals surface area contributed by atoms with Crippen LogP contribution < -0.4 is 10.6 Å². The van der Waals surface area contributed by atoms with Crippen LogP contribution in [-0.2, 0) is 14.3 Å². The second-order valence-electron chi connectivity index (χ2n) is 9.92. The Kier molecular flexibility index (Phi) is 11.6. The first kappa shape index (κ1) is 29.0. The van der Waals surface area contributed by atoms with E-state index in [4.69, 9.17) is 11.2 Å². The zero-order valence-electron chi connectivity index (χ0n) is 21.7. The summed E-state index contributed by atoms with van der Waals surface area (Å²) in [5.41, 5.74) is 0.760. The van der Waals surface area contributed by atoms with Crippen molar-refractivity contribution >= 4 is 17.9 Å². The van der Waals surface area contributed by atoms with E-state index in [1.165, 1.54) is 0 Å². The summed E-state index contributed by atoms with van der Waals surface area (Å²) in [5, 5.41) is 5.58. The highest BCUT2D eigenvalue weighted by molar-refractivity contribution is 5.93. The second kappa shape index (κ2) is 13.6. The number of terminal acetylenes is 1. The number of alkyl carbamates (subject to hydrolysis) is 1. The number of ether oxygens (including phenoxy) is 1. The Balaban J connectivity index is 3.30. The molecule has 2 unspecified atom stereocenters. The zero-order chi connectivity index (χ0) is 25.9. The topological polar surface area (TPSA) is 87.7 Å². The van der Waals surface area contributed by atoms with Crippen molar-refractivity contribution in [3.63, 3.8) is 0 Å². The predicted octanol–water partition coefficient (Wildman–Crippen LogP) is 4.70. The Morgan fingerprint density at radius 1 is 1.15 bits per heavy atom. The van der Waals surface area contributed by atoms with Crippen molar-refractivity contribution in [1.29, 1.82) is 0 Å². The first-order chi connectivity index (χ1) is 15.9. The highest BCUT2D eigenvalue weighted by atomic mass is 16.6. The van der Waals surface area contributed by atoms with Gasteiger partial charge in [-0.1, -0.05) is 64.3 Å². The fraction of sp³-hybridized carbons (Fsp3) is 0.593. The summed E-state index contributed by atoms with van der Waals surface area (Å²) < 4.78 is 5.35. The molecule has 0 aromatic heterocycles. The lowest BCUT2D eigenvalue weighted by Gasteiger charge is -2.31. The Labute approximate surface area is 205 Å². The smallest absolute Gasteiger partial charge is 0.408 e. The summed E-state index contributed by atoms with van der Waals surface area (Å²) in [7, 11) is 0. The van der Waals surface area contributed by atoms with E-state index < -0.39 is 29.7 Å². The molecule has 0 aliphatic heterocycles. The number of carbonyl (C=O) groups is 3. The minimum Gasteiger partial charge on any atom is -0.444 e. The highest BCUT2D eigenvalue weighted by Gasteiger charge is 2.36. The molecule has 0 saturated heterocycles. The number of rotatable bonds is 11. The summed E-state index contributed by atoms with van der Waals surface area (Å²) in [4.78, 5) is 40.5. The van der Waals surface area contributed by atoms with Crippen molar-refractivity contribution in [2.45, 2.75) is 91.8 Å². The molecule has 2 atom stereocenters. The van der Waals surface area contributed by atoms with Crippen LogP contribution in [0.1, 0.15) is 84.4 Å². The lowest BCUT2D eigenvalue weighted by molar-refractivity contribution is -0.138. The van der Waals surface area contributed by atoms with Crippen LogP contribution in [-0.4, -0.2) is 41.0 Å². The standard InChI is InChI=1S/C27H41N3O4/c1-9-11-14-17-28-24(31)23(21-16-13-12-15-20(21)5)30(10-2)25(32)22(18-19(3)4)29-26(33)34-27(6,7)8/h2,12-13,15-16,19,22-23H,9,11,14,17-18H2,1,3-8H3,(H,28,31)(H,29,33). The van der Waals surface area contributed by atoms with E-state index in [9.17, 15) is 14.4 Å². The van der Waals surface area contributed by atoms with E-state index >= 15 is 0 Å². The largest absolute Gasteiger partial charge is 0.444 e. The lowest BCUT2D eigenvalue weighted by atomic mass is 9.97. The molecule has 0 aliphatic rings. The molecule has 0 saturated carbocycles. The van der Waals surface area contributed by atoms with Gasteiger partial charge < -0.3 is 15.4 Å². The summed E-state index contributed by atoms with van der Waals surface area (Å²) in [6, 6.07) is 7.80. The lowest BCUT2D eigenvalue weighted by Crippen LogP contribution is -2.52. The van der Waals surface area contributed by atoms with Crippen LogP contribution in [0.15, 0.2) is 24.3 Å². The van der Waals surface area contributed by atoms with Gasteiger partial charge in [0.15, 0.2) is 0 Å². The molecule has 1 aromatic rings. The fourth-order valence-electron chi connectivity index (χ4n) is 3.55. The van der Waals surface area contributed by atoms with Gasteiger partial charge in [-0.3, -0.25) is 14.5 Å². The van der Waals surface area contributed by atoms with Crippen LogP contribution in [0.25, 0.3) is 0 Å². The average molecular weight is 472 g/mol. The number of hydrogen-bond donors (Lipinski definition) is 2. The van der Waals surface area contributed by atoms with E-state index in [0.29, 0.717) is 18.5 Å². The fourth-order valence-corrected chi connectivity index (χ4v) is 3.55. The van der Waals surface area contributed by atoms with Gasteiger partial charge in [-0.15, -0.1) is 0 Å². The second-order valence-corrected chi connectivity index (χ2v) is 9.92. The first-order valence-corrected chi connectivity index (χ1v) is 12.0. The van der Waals surface area contributed by atoms with Crippen molar-refractivity contribution in [2.24, 2.45) is 5.92 Å². The maximum atomic E-state index is 13.7. The third-order valence-electron chi connectivity index (χ3n) is 5.14. The molecule has 7 nitrogen and oxygen atoms in total. The quantitative estimate of drug-likeness (QED) is 0.278. The molecular weight excluding hydrogens is 430 g/mol. The van der Waals surface area contributed by atoms with Crippen molar-refractivity contribution in [3.8, 4) is 12.5 Å². The van der Waals surface area contributed by atoms with Gasteiger partial charge in [0, 0.05) is 12.6 Å². The summed E-state index contributed by atoms with van der Waals surface area (Å²) in [6.45, 7) is 13.6. The van der Waals surface area contributed by atoms with Gasteiger partial charge in [-0.2, -0.15) is 0 Å². The SMILES string of the molecule is C#CN(C(=O)C(CC(C)C)NC(=O)OC(C)(C)C)C(C(=O)NCCCCC)c1ccccc1C. The minimum absolute atomic E-state index is 0.0864. The highest BCUT2D eigenvalue weighted by Crippen LogP contribution is 2.26. The van der Waals surface area contributed by atoms with E-state index in [1.54, 1.807) is 26.8 Å². The maximum absolute atomic E-state index is 13.7. The van der Waals surface area contributed by atoms with Gasteiger partial charge in [0.25, 0.3) is 5.91 Å². The number of hydrogen-bond acceptors (Lipinski definition) is 4. The number of benzene rings is 1. The summed E-state index contributed by atoms with van der Waals surface area (Å²) >= 11 is 0. The van der Waals surface area contributed by atoms with E-state index in [-0.39, 0.29) is 11.8 Å². The third-order valence-corrected chi connectivity index (χ3v) is 5.14. The van der Waals surface area contributed by atoms with Gasteiger partial charge in [-0.25, -0.2) is 4.79 Å². The number of nitrogens with one attached hydrogen (secondary N) is 2. The summed E-state index contributed by atoms with van der Waals surface area (Å²) in [5.74, 6) is -0.792. The van der Waals surface area contributed by atoms with E-state index in [2.05, 4.69) is 23.6 Å². The van der Waals surface area contributed by atoms with Gasteiger partial charge in [-0.05, 0) is 57.6 Å². The Morgan fingerprint density at radius 2 is 1.79 bits per heavy atom. The Bertz CT molecular complexity index is 867. The predicted molar refractivity (Wildman–Crippen MR) is 135 cm³/mol. The van der Waals surface area contributed by atoms with E-state index in [0.717, 1.165) is 29.7 Å². The van der Waals surface area contributed by atoms with E-state index in [1.807, 2.05) is 39.0 Å². The molecule has 0 radical (unpaired) electrons. The van der Waals surface area contributed by atoms with Crippen molar-refractivity contribution < 1.29 is 19.1 Å². The first-order valence-electron chi connectivity index (χ1n) is 12.0. The minimum atomic E-state index is -1.02. The van der Waals surface area contributed by atoms with Gasteiger partial charge in [0.05, 0.1) is 0 Å². The normalized spacial score (nSPS) is 12.9. The maximum Gasteiger partial charge on any atom is 0.408 e. The molecule has 0 fully saturated rings. The van der Waals surface area contributed by atoms with Crippen LogP contribution in [0.2, 0.25) is 0 Å². The monoisotopic (exact) mass is 471 g/mol. The van der Waals surface area contributed by atoms with Crippen LogP contribution in [0.4, 0.5) is 4.79 Å².